The van der Waals surface area contributed by atoms with E-state index < -0.39 is 0 Å². The van der Waals surface area contributed by atoms with Gasteiger partial charge in [0.2, 0.25) is 5.91 Å². The van der Waals surface area contributed by atoms with Crippen LogP contribution in [0, 0.1) is 0 Å². The molecule has 1 aliphatic rings. The zero-order chi connectivity index (χ0) is 12.4. The van der Waals surface area contributed by atoms with Gasteiger partial charge in [0.05, 0.1) is 10.3 Å². The molecule has 2 heterocycles. The molecule has 1 aliphatic heterocycles. The van der Waals surface area contributed by atoms with Crippen molar-refractivity contribution in [1.29, 1.82) is 0 Å². The molecule has 0 aromatic carbocycles. The van der Waals surface area contributed by atoms with E-state index in [4.69, 9.17) is 11.6 Å². The molecular weight excluding hydrogens is 256 g/mol. The van der Waals surface area contributed by atoms with Crippen LogP contribution < -0.4 is 5.32 Å². The topological polar surface area (TPSA) is 32.3 Å². The summed E-state index contributed by atoms with van der Waals surface area (Å²) in [4.78, 5) is 15.4. The van der Waals surface area contributed by atoms with Crippen LogP contribution in [-0.4, -0.2) is 36.5 Å². The van der Waals surface area contributed by atoms with E-state index >= 15 is 0 Å². The number of hydrogen-bond acceptors (Lipinski definition) is 3. The van der Waals surface area contributed by atoms with Crippen molar-refractivity contribution >= 4 is 28.8 Å². The van der Waals surface area contributed by atoms with Crippen LogP contribution in [0.4, 0.5) is 0 Å². The van der Waals surface area contributed by atoms with Crippen molar-refractivity contribution in [2.75, 3.05) is 19.6 Å². The molecule has 0 bridgehead atoms. The lowest BCUT2D eigenvalue weighted by molar-refractivity contribution is -0.135. The highest BCUT2D eigenvalue weighted by Gasteiger charge is 2.28. The quantitative estimate of drug-likeness (QED) is 0.896. The first kappa shape index (κ1) is 12.9. The van der Waals surface area contributed by atoms with Crippen molar-refractivity contribution in [3.05, 3.63) is 21.3 Å². The third kappa shape index (κ3) is 2.81. The van der Waals surface area contributed by atoms with Gasteiger partial charge in [-0.25, -0.2) is 0 Å². The van der Waals surface area contributed by atoms with Crippen LogP contribution >= 0.6 is 22.9 Å². The normalized spacial score (nSPS) is 22.5. The van der Waals surface area contributed by atoms with E-state index in [2.05, 4.69) is 12.2 Å². The Kier molecular flexibility index (Phi) is 4.07. The van der Waals surface area contributed by atoms with Gasteiger partial charge < -0.3 is 10.2 Å². The second kappa shape index (κ2) is 5.38. The standard InChI is InChI=1S/C12H17ClN2OS/c1-8-7-14-5-6-15(8)12(16)9(2)10-3-4-11(13)17-10/h3-4,8-9,14H,5-7H2,1-2H3/t8-,9?/m1/s1. The fraction of sp³-hybridized carbons (Fsp3) is 0.583. The van der Waals surface area contributed by atoms with Crippen LogP contribution in [0.5, 0.6) is 0 Å². The minimum atomic E-state index is -0.0898. The van der Waals surface area contributed by atoms with Crippen molar-refractivity contribution in [3.63, 3.8) is 0 Å². The summed E-state index contributed by atoms with van der Waals surface area (Å²) in [6.45, 7) is 6.60. The Hall–Kier alpha value is -0.580. The van der Waals surface area contributed by atoms with Crippen LogP contribution in [-0.2, 0) is 4.79 Å². The number of halogens is 1. The van der Waals surface area contributed by atoms with Crippen LogP contribution in [0.1, 0.15) is 24.6 Å². The lowest BCUT2D eigenvalue weighted by Gasteiger charge is -2.35. The molecule has 0 aliphatic carbocycles. The van der Waals surface area contributed by atoms with Crippen LogP contribution in [0.3, 0.4) is 0 Å². The SMILES string of the molecule is CC(C(=O)N1CCNC[C@H]1C)c1ccc(Cl)s1. The molecule has 1 amide bonds. The smallest absolute Gasteiger partial charge is 0.230 e. The van der Waals surface area contributed by atoms with Crippen molar-refractivity contribution in [3.8, 4) is 0 Å². The van der Waals surface area contributed by atoms with Crippen molar-refractivity contribution in [1.82, 2.24) is 10.2 Å². The Labute approximate surface area is 111 Å². The molecule has 1 aromatic heterocycles. The van der Waals surface area contributed by atoms with Gasteiger partial charge in [-0.15, -0.1) is 11.3 Å². The maximum atomic E-state index is 12.4. The van der Waals surface area contributed by atoms with Crippen molar-refractivity contribution < 1.29 is 4.79 Å². The molecule has 1 N–H and O–H groups in total. The van der Waals surface area contributed by atoms with Crippen LogP contribution in [0.15, 0.2) is 12.1 Å². The van der Waals surface area contributed by atoms with Gasteiger partial charge in [0, 0.05) is 30.6 Å². The summed E-state index contributed by atoms with van der Waals surface area (Å²) in [5.41, 5.74) is 0. The Morgan fingerprint density at radius 3 is 3.00 bits per heavy atom. The van der Waals surface area contributed by atoms with E-state index in [1.54, 1.807) is 0 Å². The van der Waals surface area contributed by atoms with Gasteiger partial charge in [-0.1, -0.05) is 11.6 Å². The first-order chi connectivity index (χ1) is 8.09. The molecule has 5 heteroatoms. The minimum Gasteiger partial charge on any atom is -0.337 e. The molecule has 17 heavy (non-hydrogen) atoms. The maximum Gasteiger partial charge on any atom is 0.230 e. The maximum absolute atomic E-state index is 12.4. The molecule has 94 valence electrons. The van der Waals surface area contributed by atoms with Crippen molar-refractivity contribution in [2.24, 2.45) is 0 Å². The van der Waals surface area contributed by atoms with Gasteiger partial charge in [-0.2, -0.15) is 0 Å². The average molecular weight is 273 g/mol. The highest BCUT2D eigenvalue weighted by Crippen LogP contribution is 2.29. The van der Waals surface area contributed by atoms with Gasteiger partial charge in [0.25, 0.3) is 0 Å². The highest BCUT2D eigenvalue weighted by atomic mass is 35.5. The fourth-order valence-corrected chi connectivity index (χ4v) is 3.21. The molecule has 3 nitrogen and oxygen atoms in total. The lowest BCUT2D eigenvalue weighted by Crippen LogP contribution is -2.53. The Bertz CT molecular complexity index is 407. The predicted octanol–water partition coefficient (Wildman–Crippen LogP) is 2.33. The molecule has 0 radical (unpaired) electrons. The largest absolute Gasteiger partial charge is 0.337 e. The predicted molar refractivity (Wildman–Crippen MR) is 71.8 cm³/mol. The number of rotatable bonds is 2. The number of thiophene rings is 1. The second-order valence-corrected chi connectivity index (χ2v) is 6.20. The number of nitrogens with zero attached hydrogens (tertiary/aromatic N) is 1. The van der Waals surface area contributed by atoms with E-state index in [1.165, 1.54) is 11.3 Å². The van der Waals surface area contributed by atoms with Gasteiger partial charge in [-0.05, 0) is 26.0 Å². The highest BCUT2D eigenvalue weighted by molar-refractivity contribution is 7.16. The van der Waals surface area contributed by atoms with Gasteiger partial charge in [-0.3, -0.25) is 4.79 Å². The summed E-state index contributed by atoms with van der Waals surface area (Å²) in [7, 11) is 0. The van der Waals surface area contributed by atoms with Gasteiger partial charge >= 0.3 is 0 Å². The molecular formula is C12H17ClN2OS. The summed E-state index contributed by atoms with van der Waals surface area (Å²) in [5, 5.41) is 3.29. The molecule has 2 rings (SSSR count). The van der Waals surface area contributed by atoms with Crippen molar-refractivity contribution in [2.45, 2.75) is 25.8 Å². The zero-order valence-electron chi connectivity index (χ0n) is 10.1. The minimum absolute atomic E-state index is 0.0898. The lowest BCUT2D eigenvalue weighted by atomic mass is 10.1. The zero-order valence-corrected chi connectivity index (χ0v) is 11.6. The summed E-state index contributed by atoms with van der Waals surface area (Å²) < 4.78 is 0.744. The van der Waals surface area contributed by atoms with E-state index in [-0.39, 0.29) is 17.9 Å². The van der Waals surface area contributed by atoms with E-state index in [0.29, 0.717) is 0 Å². The third-order valence-corrected chi connectivity index (χ3v) is 4.59. The fourth-order valence-electron chi connectivity index (χ4n) is 2.10. The summed E-state index contributed by atoms with van der Waals surface area (Å²) in [6, 6.07) is 4.07. The molecule has 1 saturated heterocycles. The van der Waals surface area contributed by atoms with Crippen LogP contribution in [0.25, 0.3) is 0 Å². The molecule has 2 atom stereocenters. The number of amides is 1. The van der Waals surface area contributed by atoms with E-state index in [0.717, 1.165) is 28.8 Å². The first-order valence-corrected chi connectivity index (χ1v) is 7.05. The van der Waals surface area contributed by atoms with Gasteiger partial charge in [0.15, 0.2) is 0 Å². The van der Waals surface area contributed by atoms with Crippen LogP contribution in [0.2, 0.25) is 4.34 Å². The molecule has 0 saturated carbocycles. The molecule has 1 aromatic rings. The van der Waals surface area contributed by atoms with Gasteiger partial charge in [0.1, 0.15) is 0 Å². The monoisotopic (exact) mass is 272 g/mol. The van der Waals surface area contributed by atoms with E-state index in [1.807, 2.05) is 24.0 Å². The third-order valence-electron chi connectivity index (χ3n) is 3.18. The number of piperazine rings is 1. The number of nitrogens with one attached hydrogen (secondary N) is 1. The molecule has 1 unspecified atom stereocenters. The second-order valence-electron chi connectivity index (χ2n) is 4.45. The summed E-state index contributed by atoms with van der Waals surface area (Å²) in [5.74, 6) is 0.116. The van der Waals surface area contributed by atoms with E-state index in [9.17, 15) is 4.79 Å². The Balaban J connectivity index is 2.08. The first-order valence-electron chi connectivity index (χ1n) is 5.86. The summed E-state index contributed by atoms with van der Waals surface area (Å²) >= 11 is 7.40. The number of carbonyl (C=O) groups is 1. The number of hydrogen-bond donors (Lipinski definition) is 1. The number of carbonyl (C=O) groups excluding carboxylic acids is 1. The molecule has 1 fully saturated rings. The average Bonchev–Trinajstić information content (AvgIpc) is 2.75. The Morgan fingerprint density at radius 2 is 2.41 bits per heavy atom. The molecule has 0 spiro atoms. The Morgan fingerprint density at radius 1 is 1.65 bits per heavy atom. The summed E-state index contributed by atoms with van der Waals surface area (Å²) in [6.07, 6.45) is 0.